The molecule has 1 atom stereocenters. The second-order valence-electron chi connectivity index (χ2n) is 4.57. The van der Waals surface area contributed by atoms with Gasteiger partial charge in [0.1, 0.15) is 11.5 Å². The number of hydrogen-bond donors (Lipinski definition) is 3. The fourth-order valence-corrected chi connectivity index (χ4v) is 2.44. The second kappa shape index (κ2) is 5.89. The van der Waals surface area contributed by atoms with Crippen LogP contribution in [0.15, 0.2) is 30.9 Å². The number of phenolic OH excluding ortho intramolecular Hbond substituents is 2. The lowest BCUT2D eigenvalue weighted by atomic mass is 10.00. The lowest BCUT2D eigenvalue weighted by molar-refractivity contribution is 0.172. The Morgan fingerprint density at radius 2 is 2.06 bits per heavy atom. The van der Waals surface area contributed by atoms with Gasteiger partial charge in [0.25, 0.3) is 0 Å². The Kier molecular flexibility index (Phi) is 4.23. The van der Waals surface area contributed by atoms with Crippen molar-refractivity contribution >= 4 is 0 Å². The predicted molar refractivity (Wildman–Crippen MR) is 71.8 cm³/mol. The number of piperazine rings is 1. The van der Waals surface area contributed by atoms with Crippen LogP contribution in [-0.4, -0.2) is 41.3 Å². The van der Waals surface area contributed by atoms with Gasteiger partial charge in [-0.1, -0.05) is 12.1 Å². The first-order valence-electron chi connectivity index (χ1n) is 6.30. The van der Waals surface area contributed by atoms with Crippen LogP contribution in [0, 0.1) is 0 Å². The van der Waals surface area contributed by atoms with E-state index in [0.29, 0.717) is 0 Å². The van der Waals surface area contributed by atoms with E-state index in [9.17, 15) is 10.2 Å². The van der Waals surface area contributed by atoms with E-state index in [0.717, 1.165) is 38.2 Å². The van der Waals surface area contributed by atoms with E-state index in [1.807, 2.05) is 6.08 Å². The molecule has 98 valence electrons. The molecule has 2 rings (SSSR count). The minimum Gasteiger partial charge on any atom is -0.508 e. The minimum absolute atomic E-state index is 0.0916. The zero-order valence-electron chi connectivity index (χ0n) is 10.5. The van der Waals surface area contributed by atoms with Crippen molar-refractivity contribution in [3.8, 4) is 11.5 Å². The highest BCUT2D eigenvalue weighted by Crippen LogP contribution is 2.33. The third kappa shape index (κ3) is 2.83. The Bertz CT molecular complexity index is 414. The molecule has 1 aliphatic heterocycles. The van der Waals surface area contributed by atoms with E-state index in [-0.39, 0.29) is 17.5 Å². The van der Waals surface area contributed by atoms with Crippen LogP contribution in [0.1, 0.15) is 18.0 Å². The highest BCUT2D eigenvalue weighted by molar-refractivity contribution is 5.41. The molecule has 0 aliphatic carbocycles. The maximum absolute atomic E-state index is 9.98. The highest BCUT2D eigenvalue weighted by atomic mass is 16.3. The summed E-state index contributed by atoms with van der Waals surface area (Å²) in [7, 11) is 0. The summed E-state index contributed by atoms with van der Waals surface area (Å²) in [5, 5.41) is 22.7. The molecule has 1 aromatic rings. The third-order valence-electron chi connectivity index (χ3n) is 3.36. The fraction of sp³-hybridized carbons (Fsp3) is 0.429. The van der Waals surface area contributed by atoms with E-state index in [2.05, 4.69) is 16.8 Å². The molecule has 1 fully saturated rings. The van der Waals surface area contributed by atoms with Gasteiger partial charge in [-0.15, -0.1) is 6.58 Å². The number of aromatic hydroxyl groups is 2. The van der Waals surface area contributed by atoms with Crippen LogP contribution in [-0.2, 0) is 0 Å². The lowest BCUT2D eigenvalue weighted by Crippen LogP contribution is -2.45. The van der Waals surface area contributed by atoms with Crippen LogP contribution >= 0.6 is 0 Å². The van der Waals surface area contributed by atoms with Crippen LogP contribution in [0.2, 0.25) is 0 Å². The van der Waals surface area contributed by atoms with Crippen LogP contribution in [0.3, 0.4) is 0 Å². The Balaban J connectivity index is 2.24. The molecule has 0 aromatic heterocycles. The molecular formula is C14H20N2O2. The highest BCUT2D eigenvalue weighted by Gasteiger charge is 2.23. The predicted octanol–water partition coefficient (Wildman–Crippen LogP) is 1.62. The number of nitrogens with zero attached hydrogens (tertiary/aromatic N) is 1. The quantitative estimate of drug-likeness (QED) is 0.709. The first kappa shape index (κ1) is 12.9. The van der Waals surface area contributed by atoms with Gasteiger partial charge in [-0.05, 0) is 12.5 Å². The number of phenols is 2. The van der Waals surface area contributed by atoms with Crippen LogP contribution in [0.4, 0.5) is 0 Å². The molecule has 18 heavy (non-hydrogen) atoms. The zero-order valence-corrected chi connectivity index (χ0v) is 10.5. The van der Waals surface area contributed by atoms with Gasteiger partial charge >= 0.3 is 0 Å². The van der Waals surface area contributed by atoms with Crippen molar-refractivity contribution in [1.29, 1.82) is 0 Å². The summed E-state index contributed by atoms with van der Waals surface area (Å²) < 4.78 is 0. The first-order valence-corrected chi connectivity index (χ1v) is 6.30. The summed E-state index contributed by atoms with van der Waals surface area (Å²) in [6.07, 6.45) is 2.66. The Morgan fingerprint density at radius 1 is 1.33 bits per heavy atom. The molecule has 0 saturated carbocycles. The molecule has 4 nitrogen and oxygen atoms in total. The van der Waals surface area contributed by atoms with Gasteiger partial charge in [0.2, 0.25) is 0 Å². The molecular weight excluding hydrogens is 228 g/mol. The average Bonchev–Trinajstić information content (AvgIpc) is 2.38. The summed E-state index contributed by atoms with van der Waals surface area (Å²) in [6.45, 7) is 7.64. The van der Waals surface area contributed by atoms with Crippen molar-refractivity contribution in [2.45, 2.75) is 12.5 Å². The standard InChI is InChI=1S/C14H20N2O2/c1-2-3-13(16-8-6-15-7-9-16)12-5-4-11(17)10-14(12)18/h2,4-5,10,13,15,17-18H,1,3,6-9H2/t13-/m0/s1. The molecule has 0 unspecified atom stereocenters. The van der Waals surface area contributed by atoms with E-state index in [4.69, 9.17) is 0 Å². The SMILES string of the molecule is C=CC[C@@H](c1ccc(O)cc1O)N1CCNCC1. The van der Waals surface area contributed by atoms with Gasteiger partial charge in [0.15, 0.2) is 0 Å². The molecule has 0 amide bonds. The van der Waals surface area contributed by atoms with Crippen molar-refractivity contribution in [1.82, 2.24) is 10.2 Å². The van der Waals surface area contributed by atoms with Crippen LogP contribution in [0.25, 0.3) is 0 Å². The van der Waals surface area contributed by atoms with Gasteiger partial charge in [-0.3, -0.25) is 4.90 Å². The Hall–Kier alpha value is -1.52. The van der Waals surface area contributed by atoms with Crippen molar-refractivity contribution < 1.29 is 10.2 Å². The van der Waals surface area contributed by atoms with Gasteiger partial charge in [-0.25, -0.2) is 0 Å². The van der Waals surface area contributed by atoms with Crippen molar-refractivity contribution in [3.63, 3.8) is 0 Å². The molecule has 0 bridgehead atoms. The van der Waals surface area contributed by atoms with Gasteiger partial charge in [0, 0.05) is 43.9 Å². The number of benzene rings is 1. The zero-order chi connectivity index (χ0) is 13.0. The topological polar surface area (TPSA) is 55.7 Å². The third-order valence-corrected chi connectivity index (χ3v) is 3.36. The first-order chi connectivity index (χ1) is 8.72. The van der Waals surface area contributed by atoms with Crippen molar-refractivity contribution in [2.24, 2.45) is 0 Å². The van der Waals surface area contributed by atoms with E-state index >= 15 is 0 Å². The molecule has 1 aliphatic rings. The maximum atomic E-state index is 9.98. The van der Waals surface area contributed by atoms with Gasteiger partial charge in [0.05, 0.1) is 0 Å². The summed E-state index contributed by atoms with van der Waals surface area (Å²) >= 11 is 0. The van der Waals surface area contributed by atoms with Crippen molar-refractivity contribution in [3.05, 3.63) is 36.4 Å². The van der Waals surface area contributed by atoms with Gasteiger partial charge < -0.3 is 15.5 Å². The van der Waals surface area contributed by atoms with E-state index in [1.54, 1.807) is 12.1 Å². The van der Waals surface area contributed by atoms with E-state index < -0.39 is 0 Å². The smallest absolute Gasteiger partial charge is 0.124 e. The lowest BCUT2D eigenvalue weighted by Gasteiger charge is -2.35. The molecule has 3 N–H and O–H groups in total. The Labute approximate surface area is 108 Å². The number of rotatable bonds is 4. The molecule has 0 spiro atoms. The average molecular weight is 248 g/mol. The summed E-state index contributed by atoms with van der Waals surface area (Å²) in [5.41, 5.74) is 0.856. The second-order valence-corrected chi connectivity index (χ2v) is 4.57. The monoisotopic (exact) mass is 248 g/mol. The molecule has 1 saturated heterocycles. The normalized spacial score (nSPS) is 18.4. The summed E-state index contributed by atoms with van der Waals surface area (Å²) in [5.74, 6) is 0.245. The molecule has 4 heteroatoms. The molecule has 0 radical (unpaired) electrons. The van der Waals surface area contributed by atoms with Gasteiger partial charge in [-0.2, -0.15) is 0 Å². The fourth-order valence-electron chi connectivity index (χ4n) is 2.44. The van der Waals surface area contributed by atoms with Crippen LogP contribution in [0.5, 0.6) is 11.5 Å². The van der Waals surface area contributed by atoms with Crippen LogP contribution < -0.4 is 5.32 Å². The van der Waals surface area contributed by atoms with E-state index in [1.165, 1.54) is 6.07 Å². The maximum Gasteiger partial charge on any atom is 0.124 e. The largest absolute Gasteiger partial charge is 0.508 e. The minimum atomic E-state index is 0.0916. The molecule has 1 aromatic carbocycles. The van der Waals surface area contributed by atoms with Crippen molar-refractivity contribution in [2.75, 3.05) is 26.2 Å². The number of nitrogens with one attached hydrogen (secondary N) is 1. The summed E-state index contributed by atoms with van der Waals surface area (Å²) in [6, 6.07) is 4.94. The molecule has 1 heterocycles. The Morgan fingerprint density at radius 3 is 2.67 bits per heavy atom. The number of hydrogen-bond acceptors (Lipinski definition) is 4. The summed E-state index contributed by atoms with van der Waals surface area (Å²) in [4.78, 5) is 2.34.